The molecule has 0 radical (unpaired) electrons. The topological polar surface area (TPSA) is 417 Å². The van der Waals surface area contributed by atoms with Gasteiger partial charge in [0.05, 0.1) is 51.6 Å². The molecule has 10 rings (SSSR count). The first-order valence-corrected chi connectivity index (χ1v) is 31.1. The Bertz CT molecular complexity index is 5030. The van der Waals surface area contributed by atoms with Gasteiger partial charge in [0.2, 0.25) is 27.9 Å². The molecule has 0 saturated heterocycles. The molecule has 0 bridgehead atoms. The third kappa shape index (κ3) is 12.2. The molecule has 0 atom stereocenters. The highest BCUT2D eigenvalue weighted by molar-refractivity contribution is 7.92. The molecule has 0 amide bonds. The molecule has 0 unspecified atom stereocenters. The van der Waals surface area contributed by atoms with E-state index in [0.717, 1.165) is 55.1 Å². The lowest BCUT2D eigenvalue weighted by molar-refractivity contribution is 0.397. The maximum atomic E-state index is 13.6. The van der Waals surface area contributed by atoms with Gasteiger partial charge in [-0.1, -0.05) is 78.9 Å². The Morgan fingerprint density at radius 2 is 0.867 bits per heavy atom. The zero-order valence-corrected chi connectivity index (χ0v) is 46.3. The zero-order valence-electron chi connectivity index (χ0n) is 42.3. The molecular formula is C51H39N11O16S5. The quantitative estimate of drug-likeness (QED) is 0.0232. The SMILES string of the molecule is COS(=O)(=O)c1cc2cc(S(=O)(=O)O)cc(Nc3nc(Nc4cccc(NS(C)(=O)=O)c4)nc(Nc4cc(S(=O)(=O)O)cc5cc(S(=O)(=O)O)c(/N=N/c6cccc7ccccc67)c(O)c45)n3)c2c(O)c1/N=N/c1cccc2ccccc12. The number of hydrogen-bond donors (Lipinski definition) is 9. The summed E-state index contributed by atoms with van der Waals surface area (Å²) in [7, 11) is -23.5. The summed E-state index contributed by atoms with van der Waals surface area (Å²) in [5.74, 6) is -3.68. The van der Waals surface area contributed by atoms with E-state index < -0.39 is 133 Å². The first-order valence-electron chi connectivity index (χ1n) is 23.5. The summed E-state index contributed by atoms with van der Waals surface area (Å²) >= 11 is 0. The van der Waals surface area contributed by atoms with Crippen molar-refractivity contribution in [2.45, 2.75) is 19.6 Å². The van der Waals surface area contributed by atoms with Crippen molar-refractivity contribution in [3.8, 4) is 11.5 Å². The van der Waals surface area contributed by atoms with E-state index in [-0.39, 0.29) is 33.5 Å². The van der Waals surface area contributed by atoms with Gasteiger partial charge in [0, 0.05) is 27.2 Å². The predicted molar refractivity (Wildman–Crippen MR) is 306 cm³/mol. The highest BCUT2D eigenvalue weighted by atomic mass is 32.2. The summed E-state index contributed by atoms with van der Waals surface area (Å²) in [5.41, 5.74) is -1.97. The predicted octanol–water partition coefficient (Wildman–Crippen LogP) is 10.4. The maximum absolute atomic E-state index is 13.6. The fourth-order valence-electron chi connectivity index (χ4n) is 8.67. The van der Waals surface area contributed by atoms with Gasteiger partial charge in [0.15, 0.2) is 11.5 Å². The molecule has 27 nitrogen and oxygen atoms in total. The van der Waals surface area contributed by atoms with Gasteiger partial charge in [0.1, 0.15) is 21.2 Å². The van der Waals surface area contributed by atoms with E-state index in [0.29, 0.717) is 16.2 Å². The van der Waals surface area contributed by atoms with Crippen LogP contribution in [0.2, 0.25) is 0 Å². The van der Waals surface area contributed by atoms with Crippen molar-refractivity contribution in [2.75, 3.05) is 34.0 Å². The third-order valence-corrected chi connectivity index (χ3v) is 16.6. The average Bonchev–Trinajstić information content (AvgIpc) is 2.14. The Morgan fingerprint density at radius 3 is 1.33 bits per heavy atom. The maximum Gasteiger partial charge on any atom is 0.299 e. The fourth-order valence-corrected chi connectivity index (χ4v) is 11.8. The summed E-state index contributed by atoms with van der Waals surface area (Å²) < 4.78 is 167. The second kappa shape index (κ2) is 21.5. The van der Waals surface area contributed by atoms with Crippen LogP contribution < -0.4 is 20.7 Å². The largest absolute Gasteiger partial charge is 0.505 e. The Balaban J connectivity index is 1.18. The summed E-state index contributed by atoms with van der Waals surface area (Å²) in [6.07, 6.45) is 0.903. The minimum Gasteiger partial charge on any atom is -0.505 e. The number of nitrogens with one attached hydrogen (secondary N) is 4. The molecule has 0 aliphatic carbocycles. The number of aromatic nitrogens is 3. The lowest BCUT2D eigenvalue weighted by Crippen LogP contribution is -2.10. The molecule has 424 valence electrons. The Morgan fingerprint density at radius 1 is 0.446 bits per heavy atom. The van der Waals surface area contributed by atoms with Crippen LogP contribution in [-0.2, 0) is 54.7 Å². The van der Waals surface area contributed by atoms with Crippen LogP contribution in [0.4, 0.5) is 63.3 Å². The van der Waals surface area contributed by atoms with E-state index in [2.05, 4.69) is 56.1 Å². The molecule has 1 heterocycles. The van der Waals surface area contributed by atoms with Gasteiger partial charge < -0.3 is 26.2 Å². The molecule has 9 aromatic carbocycles. The zero-order chi connectivity index (χ0) is 59.4. The smallest absolute Gasteiger partial charge is 0.299 e. The van der Waals surface area contributed by atoms with Crippen LogP contribution in [0.1, 0.15) is 0 Å². The van der Waals surface area contributed by atoms with Gasteiger partial charge in [0.25, 0.3) is 40.5 Å². The normalized spacial score (nSPS) is 12.7. The van der Waals surface area contributed by atoms with Crippen molar-refractivity contribution in [3.05, 3.63) is 146 Å². The van der Waals surface area contributed by atoms with Gasteiger partial charge >= 0.3 is 0 Å². The van der Waals surface area contributed by atoms with Gasteiger partial charge in [-0.15, -0.1) is 20.5 Å². The van der Waals surface area contributed by atoms with Crippen LogP contribution in [0.25, 0.3) is 43.1 Å². The van der Waals surface area contributed by atoms with Crippen molar-refractivity contribution in [3.63, 3.8) is 0 Å². The summed E-state index contributed by atoms with van der Waals surface area (Å²) in [6.45, 7) is 0. The second-order valence-corrected chi connectivity index (χ2v) is 25.5. The molecule has 83 heavy (non-hydrogen) atoms. The molecule has 0 fully saturated rings. The molecule has 0 saturated carbocycles. The second-order valence-electron chi connectivity index (χ2n) is 17.9. The lowest BCUT2D eigenvalue weighted by atomic mass is 10.1. The van der Waals surface area contributed by atoms with E-state index in [9.17, 15) is 66.0 Å². The average molecular weight is 1220 g/mol. The number of nitrogens with zero attached hydrogens (tertiary/aromatic N) is 7. The van der Waals surface area contributed by atoms with Gasteiger partial charge in [-0.3, -0.25) is 22.6 Å². The molecule has 9 N–H and O–H groups in total. The van der Waals surface area contributed by atoms with Crippen LogP contribution in [0.5, 0.6) is 11.5 Å². The minimum atomic E-state index is -5.32. The van der Waals surface area contributed by atoms with Crippen molar-refractivity contribution in [1.29, 1.82) is 0 Å². The van der Waals surface area contributed by atoms with Crippen molar-refractivity contribution in [1.82, 2.24) is 15.0 Å². The lowest BCUT2D eigenvalue weighted by Gasteiger charge is -2.17. The van der Waals surface area contributed by atoms with Crippen LogP contribution in [0, 0.1) is 0 Å². The van der Waals surface area contributed by atoms with Crippen molar-refractivity contribution in [2.24, 2.45) is 20.5 Å². The number of rotatable bonds is 17. The van der Waals surface area contributed by atoms with E-state index in [1.165, 1.54) is 30.3 Å². The number of fused-ring (bicyclic) bond motifs is 4. The first kappa shape index (κ1) is 56.9. The van der Waals surface area contributed by atoms with Crippen LogP contribution in [-0.4, -0.2) is 94.3 Å². The number of phenolic OH excluding ortho intramolecular Hbond substituents is 2. The first-order chi connectivity index (χ1) is 39.1. The Hall–Kier alpha value is -9.38. The molecular weight excluding hydrogens is 1180 g/mol. The Labute approximate surface area is 470 Å². The highest BCUT2D eigenvalue weighted by Gasteiger charge is 2.29. The number of phenols is 2. The number of hydrogen-bond acceptors (Lipinski definition) is 23. The molecule has 0 aliphatic rings. The third-order valence-electron chi connectivity index (χ3n) is 12.2. The monoisotopic (exact) mass is 1220 g/mol. The molecule has 1 aromatic heterocycles. The standard InChI is InChI=1S/C51H39N11O16S5/c1-78-83(76,77)42-23-30-21-34(81(70,71)72)26-40(44(30)48(64)46(42)61-59-38-19-8-13-28-11-4-6-17-36(28)38)54-51-56-49(52-31-14-9-15-32(24-31)62-79(2,65)66)55-50(57-51)53-39-25-33(80(67,68)69)20-29-22-41(82(73,74)75)45(47(63)43(29)39)60-58-37-18-7-12-27-10-3-5-16-35(27)37/h3-26,62-64H,1-2H3,(H,67,68,69)(H,70,71,72)(H,73,74,75)(H3,52,53,54,55,56,57)/b60-58+,61-59+. The van der Waals surface area contributed by atoms with Crippen molar-refractivity contribution >= 4 is 157 Å². The van der Waals surface area contributed by atoms with Gasteiger partial charge in [-0.25, -0.2) is 8.42 Å². The minimum absolute atomic E-state index is 0.0529. The molecule has 0 spiro atoms. The number of anilines is 7. The summed E-state index contributed by atoms with van der Waals surface area (Å²) in [5, 5.41) is 50.1. The fraction of sp³-hybridized carbons (Fsp3) is 0.0392. The van der Waals surface area contributed by atoms with E-state index in [1.807, 2.05) is 0 Å². The van der Waals surface area contributed by atoms with E-state index in [1.54, 1.807) is 78.9 Å². The summed E-state index contributed by atoms with van der Waals surface area (Å²) in [4.78, 5) is 9.48. The molecule has 32 heteroatoms. The number of aromatic hydroxyl groups is 2. The van der Waals surface area contributed by atoms with Crippen LogP contribution >= 0.6 is 0 Å². The molecule has 0 aliphatic heterocycles. The van der Waals surface area contributed by atoms with E-state index >= 15 is 0 Å². The van der Waals surface area contributed by atoms with Crippen molar-refractivity contribution < 1.29 is 70.1 Å². The number of sulfonamides is 1. The van der Waals surface area contributed by atoms with Gasteiger partial charge in [-0.2, -0.15) is 48.6 Å². The van der Waals surface area contributed by atoms with Crippen LogP contribution in [0.3, 0.4) is 0 Å². The highest BCUT2D eigenvalue weighted by Crippen LogP contribution is 2.48. The molecule has 10 aromatic rings. The van der Waals surface area contributed by atoms with E-state index in [4.69, 9.17) is 4.18 Å². The number of azo groups is 2. The summed E-state index contributed by atoms with van der Waals surface area (Å²) in [6, 6.07) is 34.2. The number of benzene rings is 9. The van der Waals surface area contributed by atoms with Crippen LogP contribution in [0.15, 0.2) is 186 Å². The van der Waals surface area contributed by atoms with Gasteiger partial charge in [-0.05, 0) is 88.3 Å². The Kier molecular flexibility index (Phi) is 14.7.